The van der Waals surface area contributed by atoms with Crippen LogP contribution in [-0.4, -0.2) is 16.5 Å². The van der Waals surface area contributed by atoms with Gasteiger partial charge in [0, 0.05) is 35.7 Å². The summed E-state index contributed by atoms with van der Waals surface area (Å²) >= 11 is 0. The van der Waals surface area contributed by atoms with Crippen molar-refractivity contribution in [1.29, 1.82) is 0 Å². The van der Waals surface area contributed by atoms with Gasteiger partial charge in [0.1, 0.15) is 0 Å². The summed E-state index contributed by atoms with van der Waals surface area (Å²) in [5.41, 5.74) is 5.16. The van der Waals surface area contributed by atoms with Gasteiger partial charge in [-0.25, -0.2) is 0 Å². The summed E-state index contributed by atoms with van der Waals surface area (Å²) in [6, 6.07) is 8.33. The van der Waals surface area contributed by atoms with Crippen LogP contribution in [0.4, 0.5) is 11.4 Å². The molecule has 0 saturated heterocycles. The van der Waals surface area contributed by atoms with Crippen LogP contribution in [0.1, 0.15) is 47.8 Å². The molecule has 1 saturated carbocycles. The monoisotopic (exact) mass is 311 g/mol. The Morgan fingerprint density at radius 1 is 1.22 bits per heavy atom. The van der Waals surface area contributed by atoms with Crippen LogP contribution in [0.25, 0.3) is 0 Å². The van der Waals surface area contributed by atoms with E-state index in [1.165, 1.54) is 5.69 Å². The second-order valence-electron chi connectivity index (χ2n) is 6.41. The third-order valence-electron chi connectivity index (χ3n) is 4.39. The molecule has 1 amide bonds. The zero-order valence-electron chi connectivity index (χ0n) is 14.1. The van der Waals surface area contributed by atoms with Crippen LogP contribution in [0, 0.1) is 13.8 Å². The normalized spacial score (nSPS) is 13.9. The molecule has 4 heteroatoms. The summed E-state index contributed by atoms with van der Waals surface area (Å²) in [5.74, 6) is 0.0239. The molecule has 0 spiro atoms. The van der Waals surface area contributed by atoms with Crippen molar-refractivity contribution in [2.45, 2.75) is 52.6 Å². The largest absolute Gasteiger partial charge is 0.354 e. The molecular weight excluding hydrogens is 286 g/mol. The first kappa shape index (κ1) is 15.7. The van der Waals surface area contributed by atoms with Gasteiger partial charge in [-0.2, -0.15) is 0 Å². The fourth-order valence-electron chi connectivity index (χ4n) is 2.71. The lowest BCUT2D eigenvalue weighted by molar-refractivity contribution is 0.0951. The number of benzene rings is 1. The van der Waals surface area contributed by atoms with E-state index in [0.717, 1.165) is 48.3 Å². The van der Waals surface area contributed by atoms with Gasteiger partial charge in [0.2, 0.25) is 0 Å². The first-order valence-electron chi connectivity index (χ1n) is 8.42. The molecule has 0 bridgehead atoms. The minimum absolute atomic E-state index is 0.0239. The standard InChI is InChI=1S/C19H25N3O/c1-4-10-22-11-9-17(14(22)3)21-18-12-15(6-5-13(18)2)19(23)20-16-7-8-16/h5-6,9,11-12,16,21H,4,7-8,10H2,1-3H3,(H,20,23). The quantitative estimate of drug-likeness (QED) is 0.842. The van der Waals surface area contributed by atoms with Gasteiger partial charge in [-0.1, -0.05) is 13.0 Å². The Morgan fingerprint density at radius 3 is 2.70 bits per heavy atom. The molecule has 1 fully saturated rings. The molecule has 3 rings (SSSR count). The number of carbonyl (C=O) groups is 1. The van der Waals surface area contributed by atoms with Gasteiger partial charge in [-0.05, 0) is 56.9 Å². The Labute approximate surface area is 137 Å². The minimum atomic E-state index is 0.0239. The predicted molar refractivity (Wildman–Crippen MR) is 94.4 cm³/mol. The van der Waals surface area contributed by atoms with Gasteiger partial charge in [0.05, 0.1) is 5.69 Å². The van der Waals surface area contributed by atoms with E-state index >= 15 is 0 Å². The average Bonchev–Trinajstić information content (AvgIpc) is 3.28. The molecule has 1 aliphatic rings. The number of aryl methyl sites for hydroxylation is 2. The molecule has 1 aromatic carbocycles. The number of anilines is 2. The zero-order valence-corrected chi connectivity index (χ0v) is 14.1. The van der Waals surface area contributed by atoms with Crippen LogP contribution >= 0.6 is 0 Å². The summed E-state index contributed by atoms with van der Waals surface area (Å²) in [7, 11) is 0. The maximum Gasteiger partial charge on any atom is 0.251 e. The molecular formula is C19H25N3O. The number of rotatable bonds is 6. The van der Waals surface area contributed by atoms with Crippen LogP contribution in [-0.2, 0) is 6.54 Å². The lowest BCUT2D eigenvalue weighted by atomic mass is 10.1. The van der Waals surface area contributed by atoms with Gasteiger partial charge in [-0.3, -0.25) is 4.79 Å². The van der Waals surface area contributed by atoms with E-state index in [0.29, 0.717) is 6.04 Å². The Balaban J connectivity index is 1.80. The number of hydrogen-bond acceptors (Lipinski definition) is 2. The number of carbonyl (C=O) groups excluding carboxylic acids is 1. The average molecular weight is 311 g/mol. The van der Waals surface area contributed by atoms with Gasteiger partial charge >= 0.3 is 0 Å². The molecule has 1 aliphatic carbocycles. The van der Waals surface area contributed by atoms with Gasteiger partial charge in [0.15, 0.2) is 0 Å². The SMILES string of the molecule is CCCn1ccc(Nc2cc(C(=O)NC3CC3)ccc2C)c1C. The molecule has 0 atom stereocenters. The summed E-state index contributed by atoms with van der Waals surface area (Å²) < 4.78 is 2.25. The van der Waals surface area contributed by atoms with Crippen molar-refractivity contribution in [2.24, 2.45) is 0 Å². The zero-order chi connectivity index (χ0) is 16.4. The third kappa shape index (κ3) is 3.58. The van der Waals surface area contributed by atoms with Crippen molar-refractivity contribution < 1.29 is 4.79 Å². The Hall–Kier alpha value is -2.23. The van der Waals surface area contributed by atoms with Crippen LogP contribution in [0.5, 0.6) is 0 Å². The van der Waals surface area contributed by atoms with E-state index in [4.69, 9.17) is 0 Å². The lowest BCUT2D eigenvalue weighted by Gasteiger charge is -2.12. The lowest BCUT2D eigenvalue weighted by Crippen LogP contribution is -2.25. The molecule has 1 aromatic heterocycles. The number of nitrogens with one attached hydrogen (secondary N) is 2. The Morgan fingerprint density at radius 2 is 2.00 bits per heavy atom. The summed E-state index contributed by atoms with van der Waals surface area (Å²) in [5, 5.41) is 6.52. The molecule has 23 heavy (non-hydrogen) atoms. The van der Waals surface area contributed by atoms with Crippen molar-refractivity contribution in [2.75, 3.05) is 5.32 Å². The molecule has 0 aliphatic heterocycles. The number of aromatic nitrogens is 1. The summed E-state index contributed by atoms with van der Waals surface area (Å²) in [6.07, 6.45) is 5.44. The third-order valence-corrected chi connectivity index (χ3v) is 4.39. The van der Waals surface area contributed by atoms with Crippen LogP contribution in [0.2, 0.25) is 0 Å². The van der Waals surface area contributed by atoms with E-state index in [1.807, 2.05) is 18.2 Å². The fourth-order valence-corrected chi connectivity index (χ4v) is 2.71. The second-order valence-corrected chi connectivity index (χ2v) is 6.41. The summed E-state index contributed by atoms with van der Waals surface area (Å²) in [4.78, 5) is 12.2. The highest BCUT2D eigenvalue weighted by molar-refractivity contribution is 5.96. The van der Waals surface area contributed by atoms with Gasteiger partial charge in [0.25, 0.3) is 5.91 Å². The fraction of sp³-hybridized carbons (Fsp3) is 0.421. The molecule has 0 radical (unpaired) electrons. The maximum absolute atomic E-state index is 12.2. The molecule has 1 heterocycles. The molecule has 122 valence electrons. The van der Waals surface area contributed by atoms with Crippen molar-refractivity contribution in [3.8, 4) is 0 Å². The molecule has 2 aromatic rings. The second kappa shape index (κ2) is 6.49. The van der Waals surface area contributed by atoms with Crippen molar-refractivity contribution in [3.63, 3.8) is 0 Å². The first-order valence-corrected chi connectivity index (χ1v) is 8.42. The van der Waals surface area contributed by atoms with Crippen molar-refractivity contribution >= 4 is 17.3 Å². The molecule has 0 unspecified atom stereocenters. The van der Waals surface area contributed by atoms with Crippen LogP contribution in [0.15, 0.2) is 30.5 Å². The van der Waals surface area contributed by atoms with E-state index in [1.54, 1.807) is 0 Å². The number of amides is 1. The highest BCUT2D eigenvalue weighted by Crippen LogP contribution is 2.26. The number of hydrogen-bond donors (Lipinski definition) is 2. The maximum atomic E-state index is 12.2. The highest BCUT2D eigenvalue weighted by Gasteiger charge is 2.24. The summed E-state index contributed by atoms with van der Waals surface area (Å²) in [6.45, 7) is 7.38. The molecule has 4 nitrogen and oxygen atoms in total. The Bertz CT molecular complexity index is 713. The van der Waals surface area contributed by atoms with Gasteiger partial charge < -0.3 is 15.2 Å². The van der Waals surface area contributed by atoms with E-state index in [-0.39, 0.29) is 5.91 Å². The molecule has 2 N–H and O–H groups in total. The minimum Gasteiger partial charge on any atom is -0.354 e. The van der Waals surface area contributed by atoms with Crippen molar-refractivity contribution in [3.05, 3.63) is 47.3 Å². The van der Waals surface area contributed by atoms with E-state index in [9.17, 15) is 4.79 Å². The van der Waals surface area contributed by atoms with E-state index < -0.39 is 0 Å². The van der Waals surface area contributed by atoms with Crippen molar-refractivity contribution in [1.82, 2.24) is 9.88 Å². The van der Waals surface area contributed by atoms with Crippen LogP contribution < -0.4 is 10.6 Å². The highest BCUT2D eigenvalue weighted by atomic mass is 16.1. The topological polar surface area (TPSA) is 46.1 Å². The first-order chi connectivity index (χ1) is 11.1. The van der Waals surface area contributed by atoms with Crippen LogP contribution in [0.3, 0.4) is 0 Å². The van der Waals surface area contributed by atoms with E-state index in [2.05, 4.69) is 48.2 Å². The number of nitrogens with zero attached hydrogens (tertiary/aromatic N) is 1. The van der Waals surface area contributed by atoms with Gasteiger partial charge in [-0.15, -0.1) is 0 Å². The predicted octanol–water partition coefficient (Wildman–Crippen LogP) is 4.15. The Kier molecular flexibility index (Phi) is 4.42. The smallest absolute Gasteiger partial charge is 0.251 e.